The Morgan fingerprint density at radius 3 is 0.667 bits per heavy atom. The predicted octanol–water partition coefficient (Wildman–Crippen LogP) is -1.31. The second-order valence-electron chi connectivity index (χ2n) is 0. The Bertz CT molecular complexity index is 5.51. The van der Waals surface area contributed by atoms with Gasteiger partial charge in [0.1, 0.15) is 0 Å². The summed E-state index contributed by atoms with van der Waals surface area (Å²) in [6, 6.07) is 0. The number of rotatable bonds is 0. The van der Waals surface area contributed by atoms with Crippen LogP contribution in [-0.2, 0) is 0 Å². The summed E-state index contributed by atoms with van der Waals surface area (Å²) in [5.74, 6) is 0. The molecule has 12 N–H and O–H groups in total. The molecule has 0 aliphatic heterocycles. The van der Waals surface area contributed by atoms with Crippen molar-refractivity contribution in [3.8, 4) is 0 Å². The fourth-order valence-electron chi connectivity index (χ4n) is 0. The lowest BCUT2D eigenvalue weighted by atomic mass is 14.0. The van der Waals surface area contributed by atoms with Gasteiger partial charge in [-0.25, -0.2) is 0 Å². The van der Waals surface area contributed by atoms with Crippen molar-refractivity contribution < 1.29 is 21.5 Å². The first-order valence-electron chi connectivity index (χ1n) is 0.200. The van der Waals surface area contributed by atoms with Crippen molar-refractivity contribution in [2.24, 2.45) is 0 Å². The summed E-state index contributed by atoms with van der Waals surface area (Å²) in [5.41, 5.74) is 0. The molecule has 6 heteroatoms. The number of hydrogen-bond acceptors (Lipinski definition) is 4. The zero-order valence-electron chi connectivity index (χ0n) is 3.31. The Morgan fingerprint density at radius 2 is 0.667 bits per heavy atom. The Hall–Kier alpha value is -0.240. The molecule has 0 amide bonds. The molecule has 0 saturated heterocycles. The van der Waals surface area contributed by atoms with Crippen molar-refractivity contribution in [2.75, 3.05) is 0 Å². The van der Waals surface area contributed by atoms with Crippen LogP contribution in [0, 0.1) is 0 Å². The molecular formula is H12N2O4. The van der Waals surface area contributed by atoms with Gasteiger partial charge in [-0.2, -0.15) is 0 Å². The fourth-order valence-corrected chi connectivity index (χ4v) is 0. The topological polar surface area (TPSA) is 173 Å². The molecule has 0 aromatic rings. The summed E-state index contributed by atoms with van der Waals surface area (Å²) in [7, 11) is 0. The van der Waals surface area contributed by atoms with Gasteiger partial charge in [0.15, 0.2) is 0 Å². The normalized spacial score (nSPS) is 1.00. The van der Waals surface area contributed by atoms with Gasteiger partial charge in [-0.3, -0.25) is 10.5 Å². The standard InChI is InChI=1S/2H3N.H2O2.2H2O/c;;1-2;;/h2*1H3;1-2H;2*1H2. The fraction of sp³-hybridized carbons (Fsp3) is 0. The molecule has 0 heterocycles. The minimum atomic E-state index is 0. The molecular weight excluding hydrogens is 92.0 g/mol. The van der Waals surface area contributed by atoms with Gasteiger partial charge in [0.25, 0.3) is 0 Å². The van der Waals surface area contributed by atoms with Crippen molar-refractivity contribution in [3.63, 3.8) is 0 Å². The highest BCUT2D eigenvalue weighted by atomic mass is 17.0. The third kappa shape index (κ3) is 497. The maximum atomic E-state index is 6.00. The maximum Gasteiger partial charge on any atom is -0.255 e. The Labute approximate surface area is 35.1 Å². The Morgan fingerprint density at radius 1 is 0.667 bits per heavy atom. The summed E-state index contributed by atoms with van der Waals surface area (Å²) < 4.78 is 0. The lowest BCUT2D eigenvalue weighted by Crippen LogP contribution is -1.29. The van der Waals surface area contributed by atoms with Gasteiger partial charge in [0.2, 0.25) is 0 Å². The third-order valence-corrected chi connectivity index (χ3v) is 0. The van der Waals surface area contributed by atoms with E-state index in [4.69, 9.17) is 10.5 Å². The molecule has 0 radical (unpaired) electrons. The molecule has 0 fully saturated rings. The summed E-state index contributed by atoms with van der Waals surface area (Å²) in [6.45, 7) is 0. The van der Waals surface area contributed by atoms with E-state index < -0.39 is 0 Å². The van der Waals surface area contributed by atoms with Crippen LogP contribution >= 0.6 is 0 Å². The van der Waals surface area contributed by atoms with Crippen molar-refractivity contribution >= 4 is 0 Å². The van der Waals surface area contributed by atoms with Crippen LogP contribution in [0.4, 0.5) is 0 Å². The van der Waals surface area contributed by atoms with Crippen LogP contribution in [0.3, 0.4) is 0 Å². The van der Waals surface area contributed by atoms with Gasteiger partial charge >= 0.3 is 0 Å². The average molecular weight is 104 g/mol. The van der Waals surface area contributed by atoms with Gasteiger partial charge in [-0.15, -0.1) is 0 Å². The van der Waals surface area contributed by atoms with E-state index in [1.807, 2.05) is 0 Å². The monoisotopic (exact) mass is 104 g/mol. The maximum absolute atomic E-state index is 6.00. The molecule has 6 nitrogen and oxygen atoms in total. The summed E-state index contributed by atoms with van der Waals surface area (Å²) >= 11 is 0. The van der Waals surface area contributed by atoms with E-state index in [1.54, 1.807) is 0 Å². The first-order chi connectivity index (χ1) is 1.00. The summed E-state index contributed by atoms with van der Waals surface area (Å²) in [4.78, 5) is 0. The van der Waals surface area contributed by atoms with Crippen molar-refractivity contribution in [1.82, 2.24) is 12.3 Å². The van der Waals surface area contributed by atoms with Gasteiger partial charge in [-0.05, 0) is 0 Å². The van der Waals surface area contributed by atoms with Gasteiger partial charge in [0, 0.05) is 0 Å². The molecule has 0 aromatic heterocycles. The van der Waals surface area contributed by atoms with E-state index in [1.165, 1.54) is 0 Å². The van der Waals surface area contributed by atoms with Gasteiger partial charge < -0.3 is 23.3 Å². The van der Waals surface area contributed by atoms with Crippen LogP contribution in [0.2, 0.25) is 0 Å². The predicted molar refractivity (Wildman–Crippen MR) is 22.5 cm³/mol. The molecule has 0 aliphatic carbocycles. The van der Waals surface area contributed by atoms with Crippen molar-refractivity contribution in [1.29, 1.82) is 0 Å². The molecule has 0 aliphatic rings. The lowest BCUT2D eigenvalue weighted by Gasteiger charge is -1.25. The largest absolute Gasteiger partial charge is 0.412 e. The van der Waals surface area contributed by atoms with Crippen LogP contribution in [0.15, 0.2) is 0 Å². The Balaban J connectivity index is -0.000000000833. The van der Waals surface area contributed by atoms with E-state index in [2.05, 4.69) is 0 Å². The van der Waals surface area contributed by atoms with Crippen LogP contribution < -0.4 is 12.3 Å². The Kier molecular flexibility index (Phi) is 44000. The zero-order chi connectivity index (χ0) is 2.00. The quantitative estimate of drug-likeness (QED) is 0.220. The van der Waals surface area contributed by atoms with E-state index >= 15 is 0 Å². The van der Waals surface area contributed by atoms with Gasteiger partial charge in [0.05, 0.1) is 0 Å². The summed E-state index contributed by atoms with van der Waals surface area (Å²) in [6.07, 6.45) is 0. The van der Waals surface area contributed by atoms with Crippen LogP contribution in [-0.4, -0.2) is 21.5 Å². The minimum Gasteiger partial charge on any atom is -0.412 e. The molecule has 0 unspecified atom stereocenters. The highest BCUT2D eigenvalue weighted by molar-refractivity contribution is 2.14. The van der Waals surface area contributed by atoms with Crippen molar-refractivity contribution in [3.05, 3.63) is 0 Å². The molecule has 0 bridgehead atoms. The smallest absolute Gasteiger partial charge is 0.255 e. The molecule has 0 spiro atoms. The van der Waals surface area contributed by atoms with Gasteiger partial charge in [-0.1, -0.05) is 0 Å². The lowest BCUT2D eigenvalue weighted by molar-refractivity contribution is -0.176. The molecule has 0 saturated carbocycles. The molecule has 6 heavy (non-hydrogen) atoms. The molecule has 0 aromatic carbocycles. The molecule has 0 rings (SSSR count). The van der Waals surface area contributed by atoms with E-state index in [9.17, 15) is 0 Å². The van der Waals surface area contributed by atoms with E-state index in [0.29, 0.717) is 0 Å². The third-order valence-electron chi connectivity index (χ3n) is 0. The molecule has 46 valence electrons. The van der Waals surface area contributed by atoms with E-state index in [-0.39, 0.29) is 23.3 Å². The molecule has 0 atom stereocenters. The van der Waals surface area contributed by atoms with Crippen LogP contribution in [0.5, 0.6) is 0 Å². The SMILES string of the molecule is N.N.O.O.OO. The first-order valence-corrected chi connectivity index (χ1v) is 0.200. The van der Waals surface area contributed by atoms with Crippen LogP contribution in [0.25, 0.3) is 0 Å². The second kappa shape index (κ2) is 1170. The first kappa shape index (κ1) is 226. The second-order valence-corrected chi connectivity index (χ2v) is 0. The van der Waals surface area contributed by atoms with Crippen molar-refractivity contribution in [2.45, 2.75) is 0 Å². The highest BCUT2D eigenvalue weighted by Crippen LogP contribution is 0.711. The summed E-state index contributed by atoms with van der Waals surface area (Å²) in [5, 5.41) is 12.0. The van der Waals surface area contributed by atoms with Crippen LogP contribution in [0.1, 0.15) is 0 Å². The minimum absolute atomic E-state index is 0. The van der Waals surface area contributed by atoms with E-state index in [0.717, 1.165) is 0 Å². The average Bonchev–Trinajstić information content (AvgIpc) is 1.00. The number of hydrogen-bond donors (Lipinski definition) is 4. The zero-order valence-corrected chi connectivity index (χ0v) is 3.31. The highest BCUT2D eigenvalue weighted by Gasteiger charge is 0.745.